The molecule has 3 aromatic carbocycles. The van der Waals surface area contributed by atoms with Crippen molar-refractivity contribution < 1.29 is 14.5 Å². The first-order valence-corrected chi connectivity index (χ1v) is 9.70. The van der Waals surface area contributed by atoms with Gasteiger partial charge in [0.05, 0.1) is 4.92 Å². The minimum Gasteiger partial charge on any atom is -0.489 e. The number of carbonyl (C=O) groups excluding carboxylic acids is 1. The molecule has 3 aromatic rings. The molecule has 0 N–H and O–H groups in total. The molecule has 0 aromatic heterocycles. The van der Waals surface area contributed by atoms with Gasteiger partial charge in [0, 0.05) is 33.3 Å². The van der Waals surface area contributed by atoms with E-state index in [0.29, 0.717) is 21.4 Å². The summed E-state index contributed by atoms with van der Waals surface area (Å²) in [6.45, 7) is 0.250. The zero-order valence-electron chi connectivity index (χ0n) is 15.9. The molecule has 0 aliphatic carbocycles. The van der Waals surface area contributed by atoms with E-state index in [9.17, 15) is 20.2 Å². The van der Waals surface area contributed by atoms with Crippen molar-refractivity contribution in [1.82, 2.24) is 0 Å². The number of ketones is 1. The largest absolute Gasteiger partial charge is 0.489 e. The Morgan fingerprint density at radius 2 is 1.84 bits per heavy atom. The van der Waals surface area contributed by atoms with Crippen LogP contribution in [0.3, 0.4) is 0 Å². The summed E-state index contributed by atoms with van der Waals surface area (Å²) in [4.78, 5) is 22.9. The predicted octanol–water partition coefficient (Wildman–Crippen LogP) is 6.27. The zero-order chi connectivity index (χ0) is 22.4. The molecule has 0 saturated carbocycles. The van der Waals surface area contributed by atoms with Crippen LogP contribution in [0.25, 0.3) is 6.08 Å². The van der Waals surface area contributed by atoms with Crippen LogP contribution < -0.4 is 4.74 Å². The third-order valence-corrected chi connectivity index (χ3v) is 4.87. The minimum atomic E-state index is -0.595. The molecule has 0 amide bonds. The summed E-state index contributed by atoms with van der Waals surface area (Å²) < 4.78 is 5.71. The number of non-ortho nitro benzene ring substituents is 1. The lowest BCUT2D eigenvalue weighted by Gasteiger charge is -2.08. The van der Waals surface area contributed by atoms with Crippen LogP contribution in [-0.4, -0.2) is 10.7 Å². The van der Waals surface area contributed by atoms with Crippen LogP contribution in [-0.2, 0) is 6.61 Å². The Bertz CT molecular complexity index is 1210. The quantitative estimate of drug-likeness (QED) is 0.138. The van der Waals surface area contributed by atoms with Gasteiger partial charge < -0.3 is 4.74 Å². The summed E-state index contributed by atoms with van der Waals surface area (Å²) in [7, 11) is 0. The molecule has 6 nitrogen and oxygen atoms in total. The van der Waals surface area contributed by atoms with Crippen molar-refractivity contribution >= 4 is 40.7 Å². The Hall–Kier alpha value is -3.66. The molecule has 0 aliphatic heterocycles. The normalized spacial score (nSPS) is 10.9. The number of nitriles is 1. The van der Waals surface area contributed by atoms with Crippen LogP contribution in [0.4, 0.5) is 5.69 Å². The first-order valence-electron chi connectivity index (χ1n) is 8.95. The van der Waals surface area contributed by atoms with Gasteiger partial charge in [0.1, 0.15) is 24.0 Å². The van der Waals surface area contributed by atoms with Crippen LogP contribution in [0.15, 0.2) is 72.3 Å². The molecule has 0 heterocycles. The zero-order valence-corrected chi connectivity index (χ0v) is 17.4. The van der Waals surface area contributed by atoms with E-state index in [4.69, 9.17) is 27.9 Å². The Morgan fingerprint density at radius 3 is 2.48 bits per heavy atom. The van der Waals surface area contributed by atoms with Crippen molar-refractivity contribution in [2.45, 2.75) is 6.61 Å². The first-order chi connectivity index (χ1) is 14.9. The molecule has 8 heteroatoms. The van der Waals surface area contributed by atoms with Crippen molar-refractivity contribution in [3.05, 3.63) is 109 Å². The van der Waals surface area contributed by atoms with Crippen molar-refractivity contribution in [2.75, 3.05) is 0 Å². The molecule has 0 fully saturated rings. The number of nitro benzene ring substituents is 1. The van der Waals surface area contributed by atoms with Gasteiger partial charge >= 0.3 is 0 Å². The van der Waals surface area contributed by atoms with Gasteiger partial charge in [0.25, 0.3) is 5.69 Å². The number of Topliss-reactive ketones (excluding diaryl/α,β-unsaturated/α-hetero) is 1. The van der Waals surface area contributed by atoms with E-state index in [0.717, 1.165) is 11.6 Å². The van der Waals surface area contributed by atoms with Crippen molar-refractivity contribution in [3.8, 4) is 11.8 Å². The number of carbonyl (C=O) groups is 1. The summed E-state index contributed by atoms with van der Waals surface area (Å²) >= 11 is 12.0. The average molecular weight is 453 g/mol. The second kappa shape index (κ2) is 9.90. The SMILES string of the molecule is N#CC(=Cc1ccc(OCc2ccc(Cl)cc2Cl)cc1)C(=O)c1cccc([N+](=O)[O-])c1. The summed E-state index contributed by atoms with van der Waals surface area (Å²) in [6.07, 6.45) is 1.42. The maximum atomic E-state index is 12.6. The highest BCUT2D eigenvalue weighted by Crippen LogP contribution is 2.23. The second-order valence-electron chi connectivity index (χ2n) is 6.40. The molecule has 0 unspecified atom stereocenters. The fourth-order valence-corrected chi connectivity index (χ4v) is 3.15. The second-order valence-corrected chi connectivity index (χ2v) is 7.24. The van der Waals surface area contributed by atoms with Crippen LogP contribution in [0, 0.1) is 21.4 Å². The van der Waals surface area contributed by atoms with Crippen LogP contribution in [0.1, 0.15) is 21.5 Å². The number of nitro groups is 1. The topological polar surface area (TPSA) is 93.2 Å². The van der Waals surface area contributed by atoms with Gasteiger partial charge in [0.2, 0.25) is 5.78 Å². The molecule has 0 saturated heterocycles. The third-order valence-electron chi connectivity index (χ3n) is 4.28. The van der Waals surface area contributed by atoms with E-state index < -0.39 is 10.7 Å². The van der Waals surface area contributed by atoms with Crippen LogP contribution in [0.5, 0.6) is 5.75 Å². The molecule has 0 aliphatic rings. The van der Waals surface area contributed by atoms with Crippen molar-refractivity contribution in [1.29, 1.82) is 5.26 Å². The van der Waals surface area contributed by atoms with Gasteiger partial charge in [0.15, 0.2) is 0 Å². The highest BCUT2D eigenvalue weighted by Gasteiger charge is 2.15. The number of halogens is 2. The highest BCUT2D eigenvalue weighted by atomic mass is 35.5. The first kappa shape index (κ1) is 22.0. The third kappa shape index (κ3) is 5.70. The van der Waals surface area contributed by atoms with Crippen LogP contribution >= 0.6 is 23.2 Å². The van der Waals surface area contributed by atoms with E-state index in [1.807, 2.05) is 6.07 Å². The molecule has 3 rings (SSSR count). The maximum Gasteiger partial charge on any atom is 0.270 e. The fraction of sp³-hybridized carbons (Fsp3) is 0.0435. The van der Waals surface area contributed by atoms with Gasteiger partial charge in [-0.25, -0.2) is 0 Å². The van der Waals surface area contributed by atoms with Gasteiger partial charge in [-0.05, 0) is 35.9 Å². The highest BCUT2D eigenvalue weighted by molar-refractivity contribution is 6.35. The number of allylic oxidation sites excluding steroid dienone is 1. The van der Waals surface area contributed by atoms with Gasteiger partial charge in [-0.1, -0.05) is 53.5 Å². The predicted molar refractivity (Wildman–Crippen MR) is 118 cm³/mol. The van der Waals surface area contributed by atoms with E-state index in [1.165, 1.54) is 24.3 Å². The molecule has 154 valence electrons. The van der Waals surface area contributed by atoms with Crippen molar-refractivity contribution in [2.24, 2.45) is 0 Å². The van der Waals surface area contributed by atoms with Crippen molar-refractivity contribution in [3.63, 3.8) is 0 Å². The number of rotatable bonds is 7. The average Bonchev–Trinajstić information content (AvgIpc) is 2.77. The standard InChI is InChI=1S/C23H14Cl2N2O4/c24-19-7-6-17(22(25)12-19)14-31-21-8-4-15(5-9-21)10-18(13-26)23(28)16-2-1-3-20(11-16)27(29)30/h1-12H,14H2. The maximum absolute atomic E-state index is 12.6. The van der Waals surface area contributed by atoms with Crippen LogP contribution in [0.2, 0.25) is 10.0 Å². The Labute approximate surface area is 188 Å². The summed E-state index contributed by atoms with van der Waals surface area (Å²) in [5.41, 5.74) is 1.10. The molecular formula is C23H14Cl2N2O4. The smallest absolute Gasteiger partial charge is 0.270 e. The Kier molecular flexibility index (Phi) is 7.03. The van der Waals surface area contributed by atoms with E-state index >= 15 is 0 Å². The Morgan fingerprint density at radius 1 is 1.10 bits per heavy atom. The number of hydrogen-bond acceptors (Lipinski definition) is 5. The molecule has 0 bridgehead atoms. The monoisotopic (exact) mass is 452 g/mol. The molecular weight excluding hydrogens is 439 g/mol. The summed E-state index contributed by atoms with van der Waals surface area (Å²) in [5.74, 6) is -0.0180. The minimum absolute atomic E-state index is 0.0711. The number of benzene rings is 3. The van der Waals surface area contributed by atoms with Gasteiger partial charge in [-0.2, -0.15) is 5.26 Å². The fourth-order valence-electron chi connectivity index (χ4n) is 2.69. The Balaban J connectivity index is 1.73. The summed E-state index contributed by atoms with van der Waals surface area (Å²) in [5, 5.41) is 21.3. The van der Waals surface area contributed by atoms with E-state index in [2.05, 4.69) is 0 Å². The molecule has 0 radical (unpaired) electrons. The number of nitrogens with zero attached hydrogens (tertiary/aromatic N) is 2. The van der Waals surface area contributed by atoms with E-state index in [-0.39, 0.29) is 23.4 Å². The van der Waals surface area contributed by atoms with Gasteiger partial charge in [-0.3, -0.25) is 14.9 Å². The molecule has 31 heavy (non-hydrogen) atoms. The lowest BCUT2D eigenvalue weighted by Crippen LogP contribution is -2.02. The molecule has 0 atom stereocenters. The number of ether oxygens (including phenoxy) is 1. The lowest BCUT2D eigenvalue weighted by atomic mass is 10.0. The molecule has 0 spiro atoms. The number of hydrogen-bond donors (Lipinski definition) is 0. The summed E-state index contributed by atoms with van der Waals surface area (Å²) in [6, 6.07) is 19.0. The van der Waals surface area contributed by atoms with Gasteiger partial charge in [-0.15, -0.1) is 0 Å². The lowest BCUT2D eigenvalue weighted by molar-refractivity contribution is -0.384. The van der Waals surface area contributed by atoms with E-state index in [1.54, 1.807) is 42.5 Å².